The van der Waals surface area contributed by atoms with Gasteiger partial charge in [-0.1, -0.05) is 83.1 Å². The van der Waals surface area contributed by atoms with Gasteiger partial charge in [0.1, 0.15) is 11.6 Å². The molecule has 0 aromatic rings. The maximum atomic E-state index is 13.2. The summed E-state index contributed by atoms with van der Waals surface area (Å²) in [6, 6.07) is 0. The van der Waals surface area contributed by atoms with E-state index in [4.69, 9.17) is 0 Å². The van der Waals surface area contributed by atoms with Crippen molar-refractivity contribution in [1.82, 2.24) is 0 Å². The molecule has 2 atom stereocenters. The molecule has 0 aliphatic heterocycles. The van der Waals surface area contributed by atoms with Crippen LogP contribution in [0.3, 0.4) is 0 Å². The summed E-state index contributed by atoms with van der Waals surface area (Å²) in [6.45, 7) is 24.8. The van der Waals surface area contributed by atoms with Gasteiger partial charge in [-0.05, 0) is 23.7 Å². The van der Waals surface area contributed by atoms with Gasteiger partial charge in [0.2, 0.25) is 0 Å². The minimum Gasteiger partial charge on any atom is -0.299 e. The third kappa shape index (κ3) is 7.94. The summed E-state index contributed by atoms with van der Waals surface area (Å²) in [6.07, 6.45) is 1.51. The Labute approximate surface area is 151 Å². The number of carbonyl (C=O) groups is 2. The topological polar surface area (TPSA) is 34.1 Å². The van der Waals surface area contributed by atoms with Crippen molar-refractivity contribution in [2.24, 2.45) is 33.5 Å². The number of hydrogen-bond acceptors (Lipinski definition) is 2. The summed E-state index contributed by atoms with van der Waals surface area (Å²) in [5.74, 6) is 0.0282. The summed E-state index contributed by atoms with van der Waals surface area (Å²) in [4.78, 5) is 26.5. The number of ketones is 2. The first-order valence-corrected chi connectivity index (χ1v) is 9.34. The highest BCUT2D eigenvalue weighted by atomic mass is 16.1. The molecule has 0 fully saturated rings. The van der Waals surface area contributed by atoms with E-state index < -0.39 is 10.8 Å². The van der Waals surface area contributed by atoms with Crippen molar-refractivity contribution in [3.05, 3.63) is 0 Å². The quantitative estimate of drug-likeness (QED) is 0.587. The van der Waals surface area contributed by atoms with Crippen molar-refractivity contribution >= 4 is 11.6 Å². The molecule has 0 heterocycles. The molecule has 0 spiro atoms. The number of hydrogen-bond donors (Lipinski definition) is 0. The fraction of sp³-hybridized carbons (Fsp3) is 0.909. The second-order valence-electron chi connectivity index (χ2n) is 12.0. The van der Waals surface area contributed by atoms with Crippen molar-refractivity contribution in [2.45, 2.75) is 95.9 Å². The van der Waals surface area contributed by atoms with Crippen LogP contribution in [0.5, 0.6) is 0 Å². The van der Waals surface area contributed by atoms with E-state index in [9.17, 15) is 9.59 Å². The van der Waals surface area contributed by atoms with Crippen LogP contribution in [0.1, 0.15) is 95.9 Å². The first kappa shape index (κ1) is 23.3. The highest BCUT2D eigenvalue weighted by Gasteiger charge is 2.44. The molecule has 142 valence electrons. The van der Waals surface area contributed by atoms with Crippen LogP contribution < -0.4 is 0 Å². The van der Waals surface area contributed by atoms with Crippen LogP contribution in [0.4, 0.5) is 0 Å². The fourth-order valence-corrected chi connectivity index (χ4v) is 3.27. The van der Waals surface area contributed by atoms with Crippen molar-refractivity contribution < 1.29 is 9.59 Å². The highest BCUT2D eigenvalue weighted by Crippen LogP contribution is 2.42. The molecule has 0 saturated carbocycles. The summed E-state index contributed by atoms with van der Waals surface area (Å²) in [5, 5.41) is 0. The van der Waals surface area contributed by atoms with Gasteiger partial charge in [-0.3, -0.25) is 9.59 Å². The van der Waals surface area contributed by atoms with Gasteiger partial charge >= 0.3 is 0 Å². The Balaban J connectivity index is 6.06. The Hall–Kier alpha value is -0.660. The molecule has 0 rings (SSSR count). The molecular weight excluding hydrogens is 296 g/mol. The average Bonchev–Trinajstić information content (AvgIpc) is 2.26. The van der Waals surface area contributed by atoms with E-state index in [2.05, 4.69) is 41.5 Å². The lowest BCUT2D eigenvalue weighted by Gasteiger charge is -2.39. The molecule has 0 aliphatic rings. The van der Waals surface area contributed by atoms with Crippen LogP contribution in [0.15, 0.2) is 0 Å². The second kappa shape index (κ2) is 7.30. The molecule has 0 amide bonds. The Morgan fingerprint density at radius 1 is 0.542 bits per heavy atom. The second-order valence-corrected chi connectivity index (χ2v) is 12.0. The van der Waals surface area contributed by atoms with Gasteiger partial charge in [-0.25, -0.2) is 0 Å². The van der Waals surface area contributed by atoms with Crippen LogP contribution >= 0.6 is 0 Å². The predicted octanol–water partition coefficient (Wildman–Crippen LogP) is 6.32. The van der Waals surface area contributed by atoms with Crippen molar-refractivity contribution in [3.8, 4) is 0 Å². The number of carbonyl (C=O) groups excluding carboxylic acids is 2. The molecule has 24 heavy (non-hydrogen) atoms. The maximum Gasteiger partial charge on any atom is 0.142 e. The Morgan fingerprint density at radius 2 is 0.750 bits per heavy atom. The Bertz CT molecular complexity index is 400. The normalized spacial score (nSPS) is 16.7. The monoisotopic (exact) mass is 338 g/mol. The van der Waals surface area contributed by atoms with Crippen LogP contribution in [-0.2, 0) is 9.59 Å². The van der Waals surface area contributed by atoms with E-state index in [-0.39, 0.29) is 34.2 Å². The summed E-state index contributed by atoms with van der Waals surface area (Å²) >= 11 is 0. The minimum atomic E-state index is -0.426. The van der Waals surface area contributed by atoms with E-state index in [1.54, 1.807) is 0 Å². The van der Waals surface area contributed by atoms with Crippen molar-refractivity contribution in [1.29, 1.82) is 0 Å². The van der Waals surface area contributed by atoms with E-state index in [1.807, 2.05) is 41.5 Å². The largest absolute Gasteiger partial charge is 0.299 e. The standard InChI is InChI=1S/C22H42O2/c1-19(2,3)13-15(17(23)21(7,8)9)16(14-20(4,5)6)18(24)22(10,11)12/h15-16H,13-14H2,1-12H3. The molecule has 0 radical (unpaired) electrons. The summed E-state index contributed by atoms with van der Waals surface area (Å²) < 4.78 is 0. The van der Waals surface area contributed by atoms with E-state index in [0.29, 0.717) is 0 Å². The zero-order chi connectivity index (χ0) is 19.7. The first-order chi connectivity index (χ1) is 10.3. The highest BCUT2D eigenvalue weighted by molar-refractivity contribution is 5.94. The fourth-order valence-electron chi connectivity index (χ4n) is 3.27. The molecule has 2 nitrogen and oxygen atoms in total. The SMILES string of the molecule is CC(C)(C)CC(C(=O)C(C)(C)C)C(CC(C)(C)C)C(=O)C(C)(C)C. The number of Topliss-reactive ketones (excluding diaryl/α,β-unsaturated/α-hetero) is 2. The van der Waals surface area contributed by atoms with Gasteiger partial charge in [-0.15, -0.1) is 0 Å². The van der Waals surface area contributed by atoms with E-state index in [0.717, 1.165) is 12.8 Å². The number of rotatable bonds is 5. The minimum absolute atomic E-state index is 0.0138. The molecule has 0 N–H and O–H groups in total. The molecular formula is C22H42O2. The van der Waals surface area contributed by atoms with E-state index >= 15 is 0 Å². The molecule has 0 bridgehead atoms. The van der Waals surface area contributed by atoms with Gasteiger partial charge in [0.25, 0.3) is 0 Å². The van der Waals surface area contributed by atoms with Crippen molar-refractivity contribution in [3.63, 3.8) is 0 Å². The smallest absolute Gasteiger partial charge is 0.142 e. The summed E-state index contributed by atoms with van der Waals surface area (Å²) in [5.41, 5.74) is -0.825. The summed E-state index contributed by atoms with van der Waals surface area (Å²) in [7, 11) is 0. The van der Waals surface area contributed by atoms with Gasteiger partial charge in [-0.2, -0.15) is 0 Å². The van der Waals surface area contributed by atoms with Crippen molar-refractivity contribution in [2.75, 3.05) is 0 Å². The Kier molecular flexibility index (Phi) is 7.10. The van der Waals surface area contributed by atoms with Gasteiger partial charge in [0.15, 0.2) is 0 Å². The van der Waals surface area contributed by atoms with Gasteiger partial charge < -0.3 is 0 Å². The Morgan fingerprint density at radius 3 is 0.875 bits per heavy atom. The van der Waals surface area contributed by atoms with Crippen LogP contribution in [-0.4, -0.2) is 11.6 Å². The molecule has 0 saturated heterocycles. The molecule has 0 aromatic heterocycles. The lowest BCUT2D eigenvalue weighted by atomic mass is 9.63. The predicted molar refractivity (Wildman–Crippen MR) is 104 cm³/mol. The lowest BCUT2D eigenvalue weighted by Crippen LogP contribution is -2.43. The van der Waals surface area contributed by atoms with E-state index in [1.165, 1.54) is 0 Å². The first-order valence-electron chi connectivity index (χ1n) is 9.34. The lowest BCUT2D eigenvalue weighted by molar-refractivity contribution is -0.143. The zero-order valence-corrected chi connectivity index (χ0v) is 18.4. The van der Waals surface area contributed by atoms with Gasteiger partial charge in [0, 0.05) is 22.7 Å². The molecule has 0 aliphatic carbocycles. The van der Waals surface area contributed by atoms with Gasteiger partial charge in [0.05, 0.1) is 0 Å². The molecule has 0 aromatic carbocycles. The van der Waals surface area contributed by atoms with Crippen LogP contribution in [0, 0.1) is 33.5 Å². The maximum absolute atomic E-state index is 13.2. The third-order valence-electron chi connectivity index (χ3n) is 4.30. The third-order valence-corrected chi connectivity index (χ3v) is 4.30. The molecule has 2 heteroatoms. The average molecular weight is 339 g/mol. The van der Waals surface area contributed by atoms with Crippen LogP contribution in [0.2, 0.25) is 0 Å². The van der Waals surface area contributed by atoms with Crippen LogP contribution in [0.25, 0.3) is 0 Å². The zero-order valence-electron chi connectivity index (χ0n) is 18.4. The molecule has 2 unspecified atom stereocenters.